The maximum Gasteiger partial charge on any atom is 0.307 e. The summed E-state index contributed by atoms with van der Waals surface area (Å²) >= 11 is 0. The molecular formula is C29H46O8. The van der Waals surface area contributed by atoms with Gasteiger partial charge in [-0.1, -0.05) is 31.9 Å². The summed E-state index contributed by atoms with van der Waals surface area (Å²) in [5, 5.41) is 0. The lowest BCUT2D eigenvalue weighted by molar-refractivity contribution is -0.149. The van der Waals surface area contributed by atoms with Crippen molar-refractivity contribution in [3.05, 3.63) is 24.0 Å². The Morgan fingerprint density at radius 1 is 0.784 bits per heavy atom. The molecule has 0 radical (unpaired) electrons. The quantitative estimate of drug-likeness (QED) is 0.0802. The van der Waals surface area contributed by atoms with E-state index >= 15 is 0 Å². The second kappa shape index (κ2) is 17.8. The first kappa shape index (κ1) is 32.4. The summed E-state index contributed by atoms with van der Waals surface area (Å²) in [6, 6.07) is 0. The maximum absolute atomic E-state index is 11.8. The normalized spacial score (nSPS) is 22.5. The summed E-state index contributed by atoms with van der Waals surface area (Å²) in [6.45, 7) is 9.44. The Bertz CT molecular complexity index is 800. The fourth-order valence-electron chi connectivity index (χ4n) is 5.16. The molecule has 37 heavy (non-hydrogen) atoms. The number of allylic oxidation sites excluding steroid dienone is 4. The van der Waals surface area contributed by atoms with Crippen LogP contribution in [0.4, 0.5) is 0 Å². The van der Waals surface area contributed by atoms with Gasteiger partial charge in [-0.3, -0.25) is 19.2 Å². The SMILES string of the molecule is CCCCC[C@@H](CC[C@@H]1[C@@H](CCC/C=C/C=C(\C)OC(C)=O)[C@@H](OC(C)=O)C[C@H]1OC(C)=O)OC(C)=O. The molecule has 0 spiro atoms. The van der Waals surface area contributed by atoms with Gasteiger partial charge in [0.25, 0.3) is 0 Å². The van der Waals surface area contributed by atoms with Gasteiger partial charge in [-0.05, 0) is 57.9 Å². The molecule has 5 atom stereocenters. The number of carbonyl (C=O) groups excluding carboxylic acids is 4. The van der Waals surface area contributed by atoms with Crippen LogP contribution < -0.4 is 0 Å². The molecule has 0 unspecified atom stereocenters. The van der Waals surface area contributed by atoms with Gasteiger partial charge >= 0.3 is 23.9 Å². The topological polar surface area (TPSA) is 105 Å². The molecule has 0 N–H and O–H groups in total. The maximum atomic E-state index is 11.8. The van der Waals surface area contributed by atoms with Gasteiger partial charge in [0.15, 0.2) is 0 Å². The van der Waals surface area contributed by atoms with E-state index in [0.29, 0.717) is 25.0 Å². The van der Waals surface area contributed by atoms with E-state index in [9.17, 15) is 19.2 Å². The molecule has 8 nitrogen and oxygen atoms in total. The van der Waals surface area contributed by atoms with Gasteiger partial charge in [-0.15, -0.1) is 0 Å². The van der Waals surface area contributed by atoms with E-state index in [1.54, 1.807) is 13.0 Å². The van der Waals surface area contributed by atoms with Gasteiger partial charge in [0, 0.05) is 46.0 Å². The summed E-state index contributed by atoms with van der Waals surface area (Å²) in [4.78, 5) is 46.3. The van der Waals surface area contributed by atoms with E-state index in [1.807, 2.05) is 12.2 Å². The van der Waals surface area contributed by atoms with Crippen molar-refractivity contribution in [2.24, 2.45) is 11.8 Å². The smallest absolute Gasteiger partial charge is 0.307 e. The van der Waals surface area contributed by atoms with Crippen molar-refractivity contribution in [3.63, 3.8) is 0 Å². The van der Waals surface area contributed by atoms with Crippen LogP contribution in [0.2, 0.25) is 0 Å². The van der Waals surface area contributed by atoms with Crippen LogP contribution in [0, 0.1) is 11.8 Å². The second-order valence-corrected chi connectivity index (χ2v) is 9.89. The number of hydrogen-bond acceptors (Lipinski definition) is 8. The Morgan fingerprint density at radius 2 is 1.41 bits per heavy atom. The molecule has 0 amide bonds. The molecule has 0 bridgehead atoms. The number of rotatable bonds is 16. The first-order valence-electron chi connectivity index (χ1n) is 13.6. The van der Waals surface area contributed by atoms with Crippen LogP contribution in [0.15, 0.2) is 24.0 Å². The van der Waals surface area contributed by atoms with Gasteiger partial charge in [-0.25, -0.2) is 0 Å². The van der Waals surface area contributed by atoms with E-state index in [2.05, 4.69) is 6.92 Å². The van der Waals surface area contributed by atoms with Crippen LogP contribution in [-0.2, 0) is 38.1 Å². The van der Waals surface area contributed by atoms with E-state index in [0.717, 1.165) is 44.9 Å². The van der Waals surface area contributed by atoms with Crippen LogP contribution in [-0.4, -0.2) is 42.2 Å². The van der Waals surface area contributed by atoms with Crippen molar-refractivity contribution in [1.29, 1.82) is 0 Å². The molecule has 1 saturated carbocycles. The van der Waals surface area contributed by atoms with Crippen LogP contribution in [0.5, 0.6) is 0 Å². The van der Waals surface area contributed by atoms with E-state index in [1.165, 1.54) is 27.7 Å². The first-order chi connectivity index (χ1) is 17.5. The first-order valence-corrected chi connectivity index (χ1v) is 13.6. The molecule has 8 heteroatoms. The molecule has 1 fully saturated rings. The zero-order valence-electron chi connectivity index (χ0n) is 23.5. The molecule has 0 aromatic carbocycles. The highest BCUT2D eigenvalue weighted by atomic mass is 16.6. The minimum atomic E-state index is -0.352. The van der Waals surface area contributed by atoms with Crippen molar-refractivity contribution in [1.82, 2.24) is 0 Å². The summed E-state index contributed by atoms with van der Waals surface area (Å²) in [6.07, 6.45) is 13.0. The van der Waals surface area contributed by atoms with Crippen LogP contribution >= 0.6 is 0 Å². The summed E-state index contributed by atoms with van der Waals surface area (Å²) in [7, 11) is 0. The van der Waals surface area contributed by atoms with Crippen molar-refractivity contribution in [3.8, 4) is 0 Å². The summed E-state index contributed by atoms with van der Waals surface area (Å²) < 4.78 is 21.9. The third-order valence-electron chi connectivity index (χ3n) is 6.57. The van der Waals surface area contributed by atoms with Gasteiger partial charge in [0.1, 0.15) is 24.1 Å². The summed E-state index contributed by atoms with van der Waals surface area (Å²) in [5.41, 5.74) is 0. The molecule has 0 aromatic rings. The predicted molar refractivity (Wildman–Crippen MR) is 140 cm³/mol. The zero-order valence-corrected chi connectivity index (χ0v) is 23.5. The van der Waals surface area contributed by atoms with Crippen LogP contribution in [0.3, 0.4) is 0 Å². The number of hydrogen-bond donors (Lipinski definition) is 0. The molecule has 0 saturated heterocycles. The van der Waals surface area contributed by atoms with Crippen LogP contribution in [0.1, 0.15) is 106 Å². The van der Waals surface area contributed by atoms with Crippen molar-refractivity contribution in [2.75, 3.05) is 0 Å². The Kier molecular flexibility index (Phi) is 15.5. The largest absolute Gasteiger partial charge is 0.463 e. The lowest BCUT2D eigenvalue weighted by atomic mass is 9.84. The molecule has 0 heterocycles. The van der Waals surface area contributed by atoms with E-state index < -0.39 is 0 Å². The van der Waals surface area contributed by atoms with Gasteiger partial charge < -0.3 is 18.9 Å². The monoisotopic (exact) mass is 522 g/mol. The minimum Gasteiger partial charge on any atom is -0.463 e. The average molecular weight is 523 g/mol. The molecule has 0 aromatic heterocycles. The zero-order chi connectivity index (χ0) is 27.8. The van der Waals surface area contributed by atoms with Crippen LogP contribution in [0.25, 0.3) is 0 Å². The second-order valence-electron chi connectivity index (χ2n) is 9.89. The molecule has 1 aliphatic carbocycles. The number of ether oxygens (including phenoxy) is 4. The highest BCUT2D eigenvalue weighted by molar-refractivity contribution is 5.67. The van der Waals surface area contributed by atoms with Gasteiger partial charge in [0.2, 0.25) is 0 Å². The van der Waals surface area contributed by atoms with Crippen molar-refractivity contribution < 1.29 is 38.1 Å². The standard InChI is InChI=1S/C29H46O8/c1-7-8-11-15-25(35-22(4)31)17-18-27-26(16-13-10-9-12-14-20(2)34-21(3)30)28(36-23(5)32)19-29(27)37-24(6)33/h9,12,14,25-29H,7-8,10-11,13,15-19H2,1-6H3/b12-9+,20-14+/t25-,26+,27+,28-,29+/m0/s1. The molecule has 0 aliphatic heterocycles. The highest BCUT2D eigenvalue weighted by Crippen LogP contribution is 2.42. The Balaban J connectivity index is 2.92. The Hall–Kier alpha value is -2.64. The number of esters is 4. The fourth-order valence-corrected chi connectivity index (χ4v) is 5.16. The van der Waals surface area contributed by atoms with E-state index in [-0.39, 0.29) is 54.0 Å². The third-order valence-corrected chi connectivity index (χ3v) is 6.57. The Labute approximate surface area is 222 Å². The van der Waals surface area contributed by atoms with Crippen molar-refractivity contribution in [2.45, 2.75) is 124 Å². The molecule has 1 aliphatic rings. The average Bonchev–Trinajstić information content (AvgIpc) is 3.07. The fraction of sp³-hybridized carbons (Fsp3) is 0.724. The number of carbonyl (C=O) groups is 4. The third kappa shape index (κ3) is 14.0. The lowest BCUT2D eigenvalue weighted by Gasteiger charge is -2.28. The lowest BCUT2D eigenvalue weighted by Crippen LogP contribution is -2.28. The predicted octanol–water partition coefficient (Wildman–Crippen LogP) is 5.97. The van der Waals surface area contributed by atoms with Crippen molar-refractivity contribution >= 4 is 23.9 Å². The summed E-state index contributed by atoms with van der Waals surface area (Å²) in [5.74, 6) is -0.769. The minimum absolute atomic E-state index is 0.00701. The van der Waals surface area contributed by atoms with Gasteiger partial charge in [0.05, 0.1) is 0 Å². The highest BCUT2D eigenvalue weighted by Gasteiger charge is 2.46. The molecule has 1 rings (SSSR count). The Morgan fingerprint density at radius 3 is 1.95 bits per heavy atom. The van der Waals surface area contributed by atoms with Gasteiger partial charge in [-0.2, -0.15) is 0 Å². The molecular weight excluding hydrogens is 476 g/mol. The number of unbranched alkanes of at least 4 members (excludes halogenated alkanes) is 3. The van der Waals surface area contributed by atoms with E-state index in [4.69, 9.17) is 18.9 Å². The molecule has 210 valence electrons.